The molecule has 0 bridgehead atoms. The van der Waals surface area contributed by atoms with E-state index < -0.39 is 14.2 Å². The van der Waals surface area contributed by atoms with Crippen LogP contribution in [0.15, 0.2) is 121 Å². The Morgan fingerprint density at radius 1 is 0.448 bits per heavy atom. The molecule has 0 fully saturated rings. The first-order valence-corrected chi connectivity index (χ1v) is 11.6. The van der Waals surface area contributed by atoms with Crippen molar-refractivity contribution in [1.82, 2.24) is 0 Å². The Labute approximate surface area is 171 Å². The van der Waals surface area contributed by atoms with Crippen LogP contribution in [0, 0.1) is 0 Å². The Balaban J connectivity index is 2.29. The molecule has 2 N–H and O–H groups in total. The molecule has 0 unspecified atom stereocenters. The molecular weight excluding hydrogens is 378 g/mol. The first-order chi connectivity index (χ1) is 14.2. The van der Waals surface area contributed by atoms with Crippen LogP contribution in [0.3, 0.4) is 0 Å². The predicted molar refractivity (Wildman–Crippen MR) is 123 cm³/mol. The van der Waals surface area contributed by atoms with Crippen LogP contribution >= 0.6 is 6.83 Å². The molecule has 5 heteroatoms. The molecule has 0 atom stereocenters. The number of hydrogen-bond acceptors (Lipinski definition) is 3. The third-order valence-corrected chi connectivity index (χ3v) is 11.0. The van der Waals surface area contributed by atoms with E-state index in [1.54, 1.807) is 0 Å². The van der Waals surface area contributed by atoms with Gasteiger partial charge in [-0.05, 0) is 0 Å². The van der Waals surface area contributed by atoms with Gasteiger partial charge in [-0.3, -0.25) is 0 Å². The summed E-state index contributed by atoms with van der Waals surface area (Å²) in [6.45, 7) is -3.94. The van der Waals surface area contributed by atoms with Gasteiger partial charge in [-0.1, -0.05) is 0 Å². The van der Waals surface area contributed by atoms with Gasteiger partial charge in [0.25, 0.3) is 0 Å². The standard InChI is InChI=1S/C24H22BO3P/c26-25(27)28-29(21-13-5-1-6-14-21,22-15-7-2-8-16-22,23-17-9-3-10-18-23)24-19-11-4-12-20-24/h1-20,26-27H. The summed E-state index contributed by atoms with van der Waals surface area (Å²) in [6.07, 6.45) is 0. The van der Waals surface area contributed by atoms with E-state index in [0.717, 1.165) is 21.2 Å². The van der Waals surface area contributed by atoms with Gasteiger partial charge in [0, 0.05) is 0 Å². The quantitative estimate of drug-likeness (QED) is 0.387. The van der Waals surface area contributed by atoms with Gasteiger partial charge in [-0.2, -0.15) is 0 Å². The third-order valence-electron chi connectivity index (χ3n) is 5.30. The van der Waals surface area contributed by atoms with E-state index in [9.17, 15) is 10.0 Å². The molecule has 3 nitrogen and oxygen atoms in total. The minimum atomic E-state index is -3.94. The van der Waals surface area contributed by atoms with Gasteiger partial charge in [0.15, 0.2) is 0 Å². The van der Waals surface area contributed by atoms with Crippen LogP contribution in [-0.4, -0.2) is 17.4 Å². The van der Waals surface area contributed by atoms with Gasteiger partial charge >= 0.3 is 171 Å². The monoisotopic (exact) mass is 400 g/mol. The van der Waals surface area contributed by atoms with Crippen molar-refractivity contribution in [3.8, 4) is 0 Å². The molecule has 0 aromatic heterocycles. The fraction of sp³-hybridized carbons (Fsp3) is 0. The summed E-state index contributed by atoms with van der Waals surface area (Å²) < 4.78 is 6.41. The van der Waals surface area contributed by atoms with Crippen molar-refractivity contribution in [3.05, 3.63) is 121 Å². The fourth-order valence-corrected chi connectivity index (χ4v) is 9.79. The minimum absolute atomic E-state index is 0.898. The van der Waals surface area contributed by atoms with Crippen LogP contribution in [-0.2, 0) is 4.44 Å². The van der Waals surface area contributed by atoms with Crippen LogP contribution in [0.4, 0.5) is 0 Å². The Morgan fingerprint density at radius 3 is 0.897 bits per heavy atom. The topological polar surface area (TPSA) is 49.7 Å². The van der Waals surface area contributed by atoms with Gasteiger partial charge in [-0.25, -0.2) is 0 Å². The SMILES string of the molecule is OB(O)OP(c1ccccc1)(c1ccccc1)(c1ccccc1)c1ccccc1. The van der Waals surface area contributed by atoms with Crippen molar-refractivity contribution < 1.29 is 14.5 Å². The first kappa shape index (κ1) is 19.6. The van der Waals surface area contributed by atoms with E-state index >= 15 is 0 Å². The average Bonchev–Trinajstić information content (AvgIpc) is 2.80. The van der Waals surface area contributed by atoms with Crippen LogP contribution in [0.25, 0.3) is 0 Å². The second-order valence-corrected chi connectivity index (χ2v) is 11.2. The van der Waals surface area contributed by atoms with Gasteiger partial charge in [0.1, 0.15) is 0 Å². The summed E-state index contributed by atoms with van der Waals surface area (Å²) >= 11 is 0. The van der Waals surface area contributed by atoms with E-state index in [4.69, 9.17) is 4.44 Å². The first-order valence-electron chi connectivity index (χ1n) is 9.47. The normalized spacial score (nSPS) is 12.7. The Hall–Kier alpha value is -2.75. The molecule has 0 aliphatic rings. The molecule has 0 spiro atoms. The molecule has 4 aromatic carbocycles. The molecule has 0 amide bonds. The maximum absolute atomic E-state index is 10.3. The van der Waals surface area contributed by atoms with Crippen molar-refractivity contribution in [2.24, 2.45) is 0 Å². The predicted octanol–water partition coefficient (Wildman–Crippen LogP) is 2.74. The second kappa shape index (κ2) is 7.94. The number of hydrogen-bond donors (Lipinski definition) is 2. The fourth-order valence-electron chi connectivity index (χ4n) is 4.18. The Kier molecular flexibility index (Phi) is 5.36. The van der Waals surface area contributed by atoms with E-state index in [1.165, 1.54) is 0 Å². The van der Waals surface area contributed by atoms with E-state index in [2.05, 4.69) is 0 Å². The summed E-state index contributed by atoms with van der Waals surface area (Å²) in [5, 5.41) is 24.1. The van der Waals surface area contributed by atoms with Crippen molar-refractivity contribution in [3.63, 3.8) is 0 Å². The third kappa shape index (κ3) is 3.02. The summed E-state index contributed by atoms with van der Waals surface area (Å²) in [6, 6.07) is 39.5. The van der Waals surface area contributed by atoms with Crippen LogP contribution in [0.5, 0.6) is 0 Å². The molecule has 0 aliphatic carbocycles. The molecule has 0 heterocycles. The summed E-state index contributed by atoms with van der Waals surface area (Å²) in [5.74, 6) is 0. The molecule has 0 saturated heterocycles. The average molecular weight is 400 g/mol. The maximum atomic E-state index is 10.3. The number of rotatable bonds is 6. The number of benzene rings is 4. The van der Waals surface area contributed by atoms with Crippen LogP contribution in [0.1, 0.15) is 0 Å². The van der Waals surface area contributed by atoms with Crippen molar-refractivity contribution in [2.75, 3.05) is 0 Å². The Morgan fingerprint density at radius 2 is 0.690 bits per heavy atom. The molecule has 29 heavy (non-hydrogen) atoms. The van der Waals surface area contributed by atoms with Crippen molar-refractivity contribution in [2.45, 2.75) is 0 Å². The molecule has 4 rings (SSSR count). The van der Waals surface area contributed by atoms with E-state index in [-0.39, 0.29) is 0 Å². The summed E-state index contributed by atoms with van der Waals surface area (Å²) in [5.41, 5.74) is 0. The van der Waals surface area contributed by atoms with Crippen LogP contribution < -0.4 is 21.2 Å². The molecular formula is C24H22BO3P. The van der Waals surface area contributed by atoms with Crippen LogP contribution in [0.2, 0.25) is 0 Å². The molecule has 4 aromatic rings. The van der Waals surface area contributed by atoms with E-state index in [1.807, 2.05) is 121 Å². The zero-order chi connectivity index (χ0) is 20.2. The zero-order valence-electron chi connectivity index (χ0n) is 15.9. The van der Waals surface area contributed by atoms with Crippen molar-refractivity contribution in [1.29, 1.82) is 0 Å². The molecule has 0 saturated carbocycles. The summed E-state index contributed by atoms with van der Waals surface area (Å²) in [4.78, 5) is 0. The van der Waals surface area contributed by atoms with Gasteiger partial charge in [-0.15, -0.1) is 0 Å². The molecule has 0 radical (unpaired) electrons. The Bertz CT molecular complexity index is 889. The van der Waals surface area contributed by atoms with Crippen molar-refractivity contribution >= 4 is 35.4 Å². The molecule has 0 aliphatic heterocycles. The zero-order valence-corrected chi connectivity index (χ0v) is 16.8. The van der Waals surface area contributed by atoms with Gasteiger partial charge in [0.2, 0.25) is 0 Å². The summed E-state index contributed by atoms with van der Waals surface area (Å²) in [7, 11) is -1.96. The van der Waals surface area contributed by atoms with E-state index in [0.29, 0.717) is 0 Å². The second-order valence-electron chi connectivity index (χ2n) is 6.81. The van der Waals surface area contributed by atoms with Gasteiger partial charge in [0.05, 0.1) is 0 Å². The molecule has 144 valence electrons. The van der Waals surface area contributed by atoms with Gasteiger partial charge < -0.3 is 0 Å².